The number of nitrogens with zero attached hydrogens (tertiary/aromatic N) is 2. The molecular weight excluding hydrogens is 489 g/mol. The molecule has 0 aliphatic rings. The van der Waals surface area contributed by atoms with Gasteiger partial charge in [0.05, 0.1) is 23.4 Å². The van der Waals surface area contributed by atoms with Crippen molar-refractivity contribution in [2.45, 2.75) is 0 Å². The summed E-state index contributed by atoms with van der Waals surface area (Å²) in [5.41, 5.74) is 2.42. The van der Waals surface area contributed by atoms with Crippen molar-refractivity contribution in [2.24, 2.45) is 0 Å². The van der Waals surface area contributed by atoms with Crippen molar-refractivity contribution >= 4 is 34.8 Å². The minimum Gasteiger partial charge on any atom is -0.497 e. The number of hydrogen-bond donors (Lipinski definition) is 1. The van der Waals surface area contributed by atoms with Gasteiger partial charge in [0.15, 0.2) is 5.76 Å². The number of hydrogen-bond acceptors (Lipinski definition) is 6. The minimum absolute atomic E-state index is 0.107. The van der Waals surface area contributed by atoms with Crippen LogP contribution in [0.5, 0.6) is 5.75 Å². The zero-order chi connectivity index (χ0) is 24.4. The van der Waals surface area contributed by atoms with E-state index in [0.717, 1.165) is 11.3 Å². The third-order valence-corrected chi connectivity index (χ3v) is 5.77. The molecule has 2 aromatic heterocycles. The maximum absolute atomic E-state index is 12.9. The molecule has 0 aliphatic heterocycles. The van der Waals surface area contributed by atoms with Gasteiger partial charge in [-0.05, 0) is 66.7 Å². The summed E-state index contributed by atoms with van der Waals surface area (Å²) in [5.74, 6) is 1.49. The van der Waals surface area contributed by atoms with Crippen molar-refractivity contribution in [1.29, 1.82) is 0 Å². The Labute approximate surface area is 210 Å². The van der Waals surface area contributed by atoms with E-state index in [9.17, 15) is 4.79 Å². The van der Waals surface area contributed by atoms with Crippen LogP contribution in [0.25, 0.3) is 34.2 Å². The second-order valence-electron chi connectivity index (χ2n) is 7.44. The molecule has 2 heterocycles. The van der Waals surface area contributed by atoms with Gasteiger partial charge in [0.25, 0.3) is 11.8 Å². The molecule has 9 heteroatoms. The van der Waals surface area contributed by atoms with Crippen LogP contribution in [0.3, 0.4) is 0 Å². The summed E-state index contributed by atoms with van der Waals surface area (Å²) in [6.45, 7) is 0. The molecule has 0 fully saturated rings. The third-order valence-electron chi connectivity index (χ3n) is 5.20. The number of aromatic nitrogens is 2. The smallest absolute Gasteiger partial charge is 0.291 e. The molecule has 0 aliphatic carbocycles. The predicted octanol–water partition coefficient (Wildman–Crippen LogP) is 7.23. The van der Waals surface area contributed by atoms with Crippen LogP contribution >= 0.6 is 23.2 Å². The summed E-state index contributed by atoms with van der Waals surface area (Å²) >= 11 is 12.3. The fourth-order valence-electron chi connectivity index (χ4n) is 3.44. The summed E-state index contributed by atoms with van der Waals surface area (Å²) in [6.07, 6.45) is 0. The van der Waals surface area contributed by atoms with Gasteiger partial charge in [0.1, 0.15) is 11.5 Å². The lowest BCUT2D eigenvalue weighted by Gasteiger charge is -2.07. The van der Waals surface area contributed by atoms with Gasteiger partial charge in [0, 0.05) is 16.1 Å². The van der Waals surface area contributed by atoms with Gasteiger partial charge in [-0.3, -0.25) is 4.79 Å². The number of halogens is 2. The van der Waals surface area contributed by atoms with Gasteiger partial charge >= 0.3 is 0 Å². The second-order valence-corrected chi connectivity index (χ2v) is 8.28. The molecule has 3 aromatic carbocycles. The van der Waals surface area contributed by atoms with E-state index in [1.807, 2.05) is 30.3 Å². The van der Waals surface area contributed by atoms with Crippen LogP contribution in [0.4, 0.5) is 5.69 Å². The van der Waals surface area contributed by atoms with Gasteiger partial charge in [-0.2, -0.15) is 4.98 Å². The van der Waals surface area contributed by atoms with Crippen molar-refractivity contribution in [2.75, 3.05) is 12.4 Å². The number of para-hydroxylation sites is 1. The highest BCUT2D eigenvalue weighted by Crippen LogP contribution is 2.33. The van der Waals surface area contributed by atoms with E-state index in [0.29, 0.717) is 38.4 Å². The lowest BCUT2D eigenvalue weighted by molar-refractivity contribution is 0.0997. The summed E-state index contributed by atoms with van der Waals surface area (Å²) in [4.78, 5) is 17.4. The van der Waals surface area contributed by atoms with E-state index in [2.05, 4.69) is 15.5 Å². The van der Waals surface area contributed by atoms with E-state index in [1.54, 1.807) is 55.6 Å². The Balaban J connectivity index is 1.39. The van der Waals surface area contributed by atoms with Crippen molar-refractivity contribution in [1.82, 2.24) is 10.1 Å². The molecule has 5 rings (SSSR count). The summed E-state index contributed by atoms with van der Waals surface area (Å²) in [5, 5.41) is 7.88. The van der Waals surface area contributed by atoms with Crippen LogP contribution in [-0.4, -0.2) is 23.2 Å². The molecule has 174 valence electrons. The van der Waals surface area contributed by atoms with Crippen LogP contribution in [0.1, 0.15) is 10.6 Å². The van der Waals surface area contributed by atoms with E-state index >= 15 is 0 Å². The molecule has 1 N–H and O–H groups in total. The molecule has 0 unspecified atom stereocenters. The van der Waals surface area contributed by atoms with E-state index in [1.165, 1.54) is 0 Å². The highest BCUT2D eigenvalue weighted by molar-refractivity contribution is 6.35. The Morgan fingerprint density at radius 1 is 0.943 bits per heavy atom. The molecule has 7 nitrogen and oxygen atoms in total. The van der Waals surface area contributed by atoms with Crippen molar-refractivity contribution in [3.8, 4) is 39.9 Å². The molecule has 0 radical (unpaired) electrons. The molecule has 0 spiro atoms. The van der Waals surface area contributed by atoms with Crippen LogP contribution in [0.15, 0.2) is 87.8 Å². The van der Waals surface area contributed by atoms with Gasteiger partial charge in [0.2, 0.25) is 5.82 Å². The molecule has 0 saturated heterocycles. The first-order valence-corrected chi connectivity index (χ1v) is 11.2. The summed E-state index contributed by atoms with van der Waals surface area (Å²) in [6, 6.07) is 22.7. The first-order valence-electron chi connectivity index (χ1n) is 10.5. The normalized spacial score (nSPS) is 10.8. The number of nitrogens with one attached hydrogen (secondary N) is 1. The number of rotatable bonds is 6. The average molecular weight is 506 g/mol. The molecule has 35 heavy (non-hydrogen) atoms. The summed E-state index contributed by atoms with van der Waals surface area (Å²) in [7, 11) is 1.60. The Kier molecular flexibility index (Phi) is 6.27. The topological polar surface area (TPSA) is 90.4 Å². The van der Waals surface area contributed by atoms with Crippen molar-refractivity contribution < 1.29 is 18.5 Å². The Morgan fingerprint density at radius 3 is 2.54 bits per heavy atom. The molecule has 1 amide bonds. The minimum atomic E-state index is -0.447. The standard InChI is InChI=1S/C26H17Cl2N3O4/c1-33-17-9-6-15(7-10-17)24-30-26(35-31-24)18-4-2-3-5-21(18)29-25(32)23-13-12-22(34-23)19-14-16(27)8-11-20(19)28/h2-14H,1H3,(H,29,32). The number of anilines is 1. The fraction of sp³-hybridized carbons (Fsp3) is 0.0385. The molecule has 0 atom stereocenters. The van der Waals surface area contributed by atoms with Crippen LogP contribution in [0, 0.1) is 0 Å². The molecule has 5 aromatic rings. The number of amides is 1. The summed E-state index contributed by atoms with van der Waals surface area (Å²) < 4.78 is 16.4. The molecule has 0 bridgehead atoms. The van der Waals surface area contributed by atoms with E-state index in [-0.39, 0.29) is 11.7 Å². The Bertz CT molecular complexity index is 1510. The van der Waals surface area contributed by atoms with Crippen molar-refractivity contribution in [3.05, 3.63) is 94.7 Å². The number of ether oxygens (including phenoxy) is 1. The van der Waals surface area contributed by atoms with Gasteiger partial charge in [-0.1, -0.05) is 40.5 Å². The number of carbonyl (C=O) groups is 1. The third kappa shape index (κ3) is 4.77. The van der Waals surface area contributed by atoms with Crippen LogP contribution in [-0.2, 0) is 0 Å². The number of benzene rings is 3. The molecular formula is C26H17Cl2N3O4. The quantitative estimate of drug-likeness (QED) is 0.261. The predicted molar refractivity (Wildman–Crippen MR) is 134 cm³/mol. The largest absolute Gasteiger partial charge is 0.497 e. The SMILES string of the molecule is COc1ccc(-c2noc(-c3ccccc3NC(=O)c3ccc(-c4cc(Cl)ccc4Cl)o3)n2)cc1. The average Bonchev–Trinajstić information content (AvgIpc) is 3.57. The first-order chi connectivity index (χ1) is 17.0. The maximum Gasteiger partial charge on any atom is 0.291 e. The number of furan rings is 1. The van der Waals surface area contributed by atoms with Crippen molar-refractivity contribution in [3.63, 3.8) is 0 Å². The first kappa shape index (κ1) is 22.7. The maximum atomic E-state index is 12.9. The fourth-order valence-corrected chi connectivity index (χ4v) is 3.83. The lowest BCUT2D eigenvalue weighted by atomic mass is 10.1. The Hall–Kier alpha value is -4.07. The highest BCUT2D eigenvalue weighted by atomic mass is 35.5. The Morgan fingerprint density at radius 2 is 1.74 bits per heavy atom. The van der Waals surface area contributed by atoms with E-state index in [4.69, 9.17) is 36.9 Å². The second kappa shape index (κ2) is 9.66. The zero-order valence-corrected chi connectivity index (χ0v) is 19.8. The number of carbonyl (C=O) groups excluding carboxylic acids is 1. The van der Waals surface area contributed by atoms with Crippen LogP contribution in [0.2, 0.25) is 10.0 Å². The van der Waals surface area contributed by atoms with Crippen LogP contribution < -0.4 is 10.1 Å². The van der Waals surface area contributed by atoms with E-state index < -0.39 is 5.91 Å². The highest BCUT2D eigenvalue weighted by Gasteiger charge is 2.19. The van der Waals surface area contributed by atoms with Gasteiger partial charge < -0.3 is 19.0 Å². The lowest BCUT2D eigenvalue weighted by Crippen LogP contribution is -2.11. The monoisotopic (exact) mass is 505 g/mol. The molecule has 0 saturated carbocycles. The number of methoxy groups -OCH3 is 1. The van der Waals surface area contributed by atoms with Gasteiger partial charge in [-0.25, -0.2) is 0 Å². The van der Waals surface area contributed by atoms with Gasteiger partial charge in [-0.15, -0.1) is 0 Å². The zero-order valence-electron chi connectivity index (χ0n) is 18.3.